The lowest BCUT2D eigenvalue weighted by Gasteiger charge is -2.10. The van der Waals surface area contributed by atoms with Crippen LogP contribution in [-0.4, -0.2) is 28.4 Å². The summed E-state index contributed by atoms with van der Waals surface area (Å²) in [4.78, 5) is 10.7. The molecular weight excluding hydrogens is 257 g/mol. The number of benzene rings is 1. The summed E-state index contributed by atoms with van der Waals surface area (Å²) in [6, 6.07) is 2.45. The van der Waals surface area contributed by atoms with Crippen LogP contribution in [-0.2, 0) is 0 Å². The lowest BCUT2D eigenvalue weighted by atomic mass is 10.1. The molecule has 0 spiro atoms. The molecule has 1 aromatic heterocycles. The van der Waals surface area contributed by atoms with Crippen LogP contribution in [0.1, 0.15) is 16.1 Å². The Bertz CT molecular complexity index is 650. The van der Waals surface area contributed by atoms with Crippen molar-refractivity contribution in [2.45, 2.75) is 6.92 Å². The molecule has 0 saturated carbocycles. The van der Waals surface area contributed by atoms with E-state index in [2.05, 4.69) is 5.16 Å². The van der Waals surface area contributed by atoms with E-state index in [1.807, 2.05) is 0 Å². The fourth-order valence-electron chi connectivity index (χ4n) is 1.70. The van der Waals surface area contributed by atoms with E-state index in [9.17, 15) is 14.3 Å². The molecule has 0 aliphatic carbocycles. The van der Waals surface area contributed by atoms with Gasteiger partial charge < -0.3 is 19.5 Å². The number of hydrogen-bond acceptors (Lipinski definition) is 5. The first-order valence-electron chi connectivity index (χ1n) is 5.22. The number of aromatic hydroxyl groups is 1. The third kappa shape index (κ3) is 2.10. The Morgan fingerprint density at radius 1 is 1.47 bits per heavy atom. The largest absolute Gasteiger partial charge is 0.502 e. The highest BCUT2D eigenvalue weighted by Gasteiger charge is 2.21. The van der Waals surface area contributed by atoms with E-state index in [1.54, 1.807) is 6.92 Å². The van der Waals surface area contributed by atoms with Gasteiger partial charge in [-0.05, 0) is 18.6 Å². The van der Waals surface area contributed by atoms with Gasteiger partial charge in [0.15, 0.2) is 28.8 Å². The molecule has 2 rings (SSSR count). The first-order valence-corrected chi connectivity index (χ1v) is 5.22. The molecule has 0 fully saturated rings. The van der Waals surface area contributed by atoms with Gasteiger partial charge in [-0.15, -0.1) is 0 Å². The van der Waals surface area contributed by atoms with Crippen molar-refractivity contribution in [3.05, 3.63) is 29.2 Å². The molecule has 0 radical (unpaired) electrons. The molecule has 0 aliphatic rings. The van der Waals surface area contributed by atoms with Gasteiger partial charge in [-0.3, -0.25) is 0 Å². The summed E-state index contributed by atoms with van der Waals surface area (Å²) >= 11 is 0. The lowest BCUT2D eigenvalue weighted by molar-refractivity contribution is 0.0686. The molecule has 6 nitrogen and oxygen atoms in total. The molecule has 0 amide bonds. The number of nitrogens with zero attached hydrogens (tertiary/aromatic N) is 1. The van der Waals surface area contributed by atoms with Crippen LogP contribution in [0.3, 0.4) is 0 Å². The fourth-order valence-corrected chi connectivity index (χ4v) is 1.70. The molecule has 2 N–H and O–H groups in total. The summed E-state index contributed by atoms with van der Waals surface area (Å²) in [6.07, 6.45) is 0. The highest BCUT2D eigenvalue weighted by molar-refractivity contribution is 5.86. The number of rotatable bonds is 3. The molecule has 1 aromatic carbocycles. The number of ether oxygens (including phenoxy) is 1. The van der Waals surface area contributed by atoms with Gasteiger partial charge >= 0.3 is 5.97 Å². The van der Waals surface area contributed by atoms with Gasteiger partial charge in [-0.1, -0.05) is 5.16 Å². The highest BCUT2D eigenvalue weighted by atomic mass is 19.1. The topological polar surface area (TPSA) is 92.8 Å². The molecule has 0 atom stereocenters. The number of carboxylic acids is 1. The van der Waals surface area contributed by atoms with E-state index in [1.165, 1.54) is 13.2 Å². The third-order valence-corrected chi connectivity index (χ3v) is 2.58. The van der Waals surface area contributed by atoms with Crippen molar-refractivity contribution in [3.8, 4) is 22.8 Å². The highest BCUT2D eigenvalue weighted by Crippen LogP contribution is 2.38. The number of aryl methyl sites for hydroxylation is 1. The van der Waals surface area contributed by atoms with Gasteiger partial charge in [-0.2, -0.15) is 0 Å². The standard InChI is InChI=1S/C12H10FNO5/c1-5-3-6(9(13)10(15)11(5)18-2)8-4-7(12(16)17)14-19-8/h3-4,15H,1-2H3,(H,16,17). The lowest BCUT2D eigenvalue weighted by Crippen LogP contribution is -1.95. The van der Waals surface area contributed by atoms with Crippen LogP contribution in [0.15, 0.2) is 16.7 Å². The Balaban J connectivity index is 2.59. The van der Waals surface area contributed by atoms with Crippen LogP contribution in [0.2, 0.25) is 0 Å². The number of halogens is 1. The van der Waals surface area contributed by atoms with Gasteiger partial charge in [0.25, 0.3) is 0 Å². The third-order valence-electron chi connectivity index (χ3n) is 2.58. The summed E-state index contributed by atoms with van der Waals surface area (Å²) < 4.78 is 23.6. The zero-order valence-corrected chi connectivity index (χ0v) is 10.1. The van der Waals surface area contributed by atoms with Gasteiger partial charge in [0.1, 0.15) is 0 Å². The number of carboxylic acid groups (broad SMARTS) is 1. The molecule has 1 heterocycles. The Hall–Kier alpha value is -2.57. The predicted molar refractivity (Wildman–Crippen MR) is 61.8 cm³/mol. The summed E-state index contributed by atoms with van der Waals surface area (Å²) in [6.45, 7) is 1.61. The van der Waals surface area contributed by atoms with Gasteiger partial charge in [0.05, 0.1) is 12.7 Å². The molecule has 0 saturated heterocycles. The van der Waals surface area contributed by atoms with E-state index in [4.69, 9.17) is 14.4 Å². The van der Waals surface area contributed by atoms with Crippen LogP contribution >= 0.6 is 0 Å². The first kappa shape index (κ1) is 12.9. The zero-order valence-electron chi connectivity index (χ0n) is 10.1. The number of carbonyl (C=O) groups is 1. The molecule has 0 unspecified atom stereocenters. The van der Waals surface area contributed by atoms with E-state index >= 15 is 0 Å². The Labute approximate surface area is 107 Å². The number of phenolic OH excluding ortho intramolecular Hbond substituents is 1. The van der Waals surface area contributed by atoms with Crippen molar-refractivity contribution in [2.75, 3.05) is 7.11 Å². The second kappa shape index (κ2) is 4.60. The van der Waals surface area contributed by atoms with Crippen molar-refractivity contribution in [1.29, 1.82) is 0 Å². The van der Waals surface area contributed by atoms with E-state index in [-0.39, 0.29) is 22.8 Å². The Kier molecular flexibility index (Phi) is 3.12. The second-order valence-electron chi connectivity index (χ2n) is 3.82. The maximum Gasteiger partial charge on any atom is 0.358 e. The monoisotopic (exact) mass is 267 g/mol. The SMILES string of the molecule is COc1c(C)cc(-c2cc(C(=O)O)no2)c(F)c1O. The molecule has 0 aliphatic heterocycles. The van der Waals surface area contributed by atoms with Gasteiger partial charge in [0, 0.05) is 6.07 Å². The minimum atomic E-state index is -1.29. The maximum atomic E-state index is 14.0. The van der Waals surface area contributed by atoms with E-state index in [0.29, 0.717) is 5.56 Å². The number of aromatic carboxylic acids is 1. The Morgan fingerprint density at radius 2 is 2.16 bits per heavy atom. The summed E-state index contributed by atoms with van der Waals surface area (Å²) in [5.74, 6) is -2.98. The van der Waals surface area contributed by atoms with Crippen LogP contribution < -0.4 is 4.74 Å². The van der Waals surface area contributed by atoms with Crippen molar-refractivity contribution in [3.63, 3.8) is 0 Å². The van der Waals surface area contributed by atoms with E-state index in [0.717, 1.165) is 6.07 Å². The minimum absolute atomic E-state index is 0.0132. The van der Waals surface area contributed by atoms with Crippen LogP contribution in [0.5, 0.6) is 11.5 Å². The molecule has 19 heavy (non-hydrogen) atoms. The van der Waals surface area contributed by atoms with Crippen LogP contribution in [0.25, 0.3) is 11.3 Å². The molecular formula is C12H10FNO5. The smallest absolute Gasteiger partial charge is 0.358 e. The van der Waals surface area contributed by atoms with Crippen LogP contribution in [0, 0.1) is 12.7 Å². The summed E-state index contributed by atoms with van der Waals surface area (Å²) in [7, 11) is 1.30. The fraction of sp³-hybridized carbons (Fsp3) is 0.167. The summed E-state index contributed by atoms with van der Waals surface area (Å²) in [5.41, 5.74) is 0.0443. The molecule has 0 bridgehead atoms. The first-order chi connectivity index (χ1) is 8.95. The zero-order chi connectivity index (χ0) is 14.2. The van der Waals surface area contributed by atoms with Gasteiger partial charge in [0.2, 0.25) is 0 Å². The van der Waals surface area contributed by atoms with Crippen LogP contribution in [0.4, 0.5) is 4.39 Å². The maximum absolute atomic E-state index is 14.0. The Morgan fingerprint density at radius 3 is 2.68 bits per heavy atom. The van der Waals surface area contributed by atoms with Crippen molar-refractivity contribution in [2.24, 2.45) is 0 Å². The molecule has 7 heteroatoms. The normalized spacial score (nSPS) is 10.5. The quantitative estimate of drug-likeness (QED) is 0.885. The number of methoxy groups -OCH3 is 1. The van der Waals surface area contributed by atoms with E-state index < -0.39 is 17.5 Å². The summed E-state index contributed by atoms with van der Waals surface area (Å²) in [5, 5.41) is 21.7. The average molecular weight is 267 g/mol. The molecule has 100 valence electrons. The van der Waals surface area contributed by atoms with Crippen molar-refractivity contribution < 1.29 is 28.7 Å². The van der Waals surface area contributed by atoms with Gasteiger partial charge in [-0.25, -0.2) is 9.18 Å². The van der Waals surface area contributed by atoms with Crippen molar-refractivity contribution >= 4 is 5.97 Å². The average Bonchev–Trinajstić information content (AvgIpc) is 2.84. The second-order valence-corrected chi connectivity index (χ2v) is 3.82. The number of hydrogen-bond donors (Lipinski definition) is 2. The van der Waals surface area contributed by atoms with Crippen molar-refractivity contribution in [1.82, 2.24) is 5.16 Å². The minimum Gasteiger partial charge on any atom is -0.502 e. The molecule has 2 aromatic rings. The number of aromatic nitrogens is 1. The number of phenols is 1. The predicted octanol–water partition coefficient (Wildman–Crippen LogP) is 2.20.